The lowest BCUT2D eigenvalue weighted by atomic mass is 10.0. The molecule has 1 nitrogen and oxygen atoms in total. The Kier molecular flexibility index (Phi) is 4.19. The molecule has 0 atom stereocenters. The van der Waals surface area contributed by atoms with E-state index in [-0.39, 0.29) is 0 Å². The zero-order valence-electron chi connectivity index (χ0n) is 11.3. The number of phenols is 1. The molecule has 0 unspecified atom stereocenters. The number of phenolic OH excluding ortho intramolecular Hbond substituents is 1. The molecular weight excluding hydrogens is 232 g/mol. The number of benzene rings is 2. The van der Waals surface area contributed by atoms with Gasteiger partial charge in [0.2, 0.25) is 0 Å². The van der Waals surface area contributed by atoms with Crippen LogP contribution in [0.25, 0.3) is 11.1 Å². The number of allylic oxidation sites excluding steroid dienone is 4. The topological polar surface area (TPSA) is 20.2 Å². The molecule has 0 saturated carbocycles. The van der Waals surface area contributed by atoms with Crippen LogP contribution in [0.4, 0.5) is 0 Å². The number of aromatic hydroxyl groups is 1. The van der Waals surface area contributed by atoms with Crippen molar-refractivity contribution in [3.8, 4) is 5.75 Å². The van der Waals surface area contributed by atoms with Gasteiger partial charge in [0.25, 0.3) is 0 Å². The molecule has 2 aromatic carbocycles. The molecule has 1 N–H and O–H groups in total. The lowest BCUT2D eigenvalue weighted by molar-refractivity contribution is 0.475. The minimum Gasteiger partial charge on any atom is -0.508 e. The third-order valence-electron chi connectivity index (χ3n) is 3.14. The van der Waals surface area contributed by atoms with Crippen LogP contribution in [0.15, 0.2) is 66.7 Å². The van der Waals surface area contributed by atoms with Crippen molar-refractivity contribution in [1.29, 1.82) is 0 Å². The van der Waals surface area contributed by atoms with E-state index in [1.807, 2.05) is 30.3 Å². The van der Waals surface area contributed by atoms with E-state index in [0.717, 1.165) is 5.56 Å². The predicted molar refractivity (Wildman–Crippen MR) is 81.9 cm³/mol. The summed E-state index contributed by atoms with van der Waals surface area (Å²) >= 11 is 0. The molecule has 2 aromatic rings. The number of hydrogen-bond acceptors (Lipinski definition) is 1. The summed E-state index contributed by atoms with van der Waals surface area (Å²) in [5, 5.41) is 9.27. The largest absolute Gasteiger partial charge is 0.508 e. The summed E-state index contributed by atoms with van der Waals surface area (Å²) in [7, 11) is 0. The van der Waals surface area contributed by atoms with E-state index in [1.165, 1.54) is 16.7 Å². The predicted octanol–water partition coefficient (Wildman–Crippen LogP) is 4.90. The van der Waals surface area contributed by atoms with Crippen molar-refractivity contribution in [2.45, 2.75) is 13.8 Å². The van der Waals surface area contributed by atoms with Gasteiger partial charge in [0, 0.05) is 0 Å². The van der Waals surface area contributed by atoms with Crippen molar-refractivity contribution in [2.24, 2.45) is 0 Å². The Labute approximate surface area is 114 Å². The van der Waals surface area contributed by atoms with E-state index >= 15 is 0 Å². The fourth-order valence-electron chi connectivity index (χ4n) is 1.87. The van der Waals surface area contributed by atoms with Gasteiger partial charge in [-0.15, -0.1) is 0 Å². The zero-order valence-corrected chi connectivity index (χ0v) is 11.3. The number of rotatable bonds is 3. The van der Waals surface area contributed by atoms with Gasteiger partial charge in [0.15, 0.2) is 0 Å². The van der Waals surface area contributed by atoms with E-state index in [1.54, 1.807) is 12.1 Å². The van der Waals surface area contributed by atoms with Crippen LogP contribution in [-0.4, -0.2) is 5.11 Å². The first-order chi connectivity index (χ1) is 9.16. The Bertz CT molecular complexity index is 589. The van der Waals surface area contributed by atoms with Gasteiger partial charge in [-0.05, 0) is 48.3 Å². The smallest absolute Gasteiger partial charge is 0.115 e. The maximum atomic E-state index is 9.27. The van der Waals surface area contributed by atoms with Crippen molar-refractivity contribution in [1.82, 2.24) is 0 Å². The monoisotopic (exact) mass is 250 g/mol. The Balaban J connectivity index is 2.20. The minimum atomic E-state index is 0.299. The summed E-state index contributed by atoms with van der Waals surface area (Å²) in [5.41, 5.74) is 4.76. The second-order valence-corrected chi connectivity index (χ2v) is 4.61. The molecule has 0 radical (unpaired) electrons. The highest BCUT2D eigenvalue weighted by atomic mass is 16.3. The normalized spacial score (nSPS) is 12.5. The van der Waals surface area contributed by atoms with E-state index in [9.17, 15) is 5.11 Å². The van der Waals surface area contributed by atoms with Crippen molar-refractivity contribution < 1.29 is 5.11 Å². The summed E-state index contributed by atoms with van der Waals surface area (Å²) in [4.78, 5) is 0. The van der Waals surface area contributed by atoms with E-state index in [0.29, 0.717) is 5.75 Å². The van der Waals surface area contributed by atoms with Crippen LogP contribution in [0.2, 0.25) is 0 Å². The molecule has 0 aliphatic heterocycles. The highest BCUT2D eigenvalue weighted by Crippen LogP contribution is 2.19. The summed E-state index contributed by atoms with van der Waals surface area (Å²) in [6, 6.07) is 17.6. The second-order valence-electron chi connectivity index (χ2n) is 4.61. The molecule has 0 heterocycles. The Morgan fingerprint density at radius 2 is 1.21 bits per heavy atom. The first kappa shape index (κ1) is 13.2. The van der Waals surface area contributed by atoms with Crippen LogP contribution in [0.3, 0.4) is 0 Å². The second kappa shape index (κ2) is 6.05. The van der Waals surface area contributed by atoms with Crippen LogP contribution < -0.4 is 0 Å². The summed E-state index contributed by atoms with van der Waals surface area (Å²) in [6.45, 7) is 4.18. The number of hydrogen-bond donors (Lipinski definition) is 1. The maximum Gasteiger partial charge on any atom is 0.115 e. The van der Waals surface area contributed by atoms with Gasteiger partial charge in [0.1, 0.15) is 5.75 Å². The Hall–Kier alpha value is -2.28. The van der Waals surface area contributed by atoms with Crippen molar-refractivity contribution in [3.05, 3.63) is 77.9 Å². The van der Waals surface area contributed by atoms with Gasteiger partial charge in [-0.2, -0.15) is 0 Å². The van der Waals surface area contributed by atoms with Crippen LogP contribution in [-0.2, 0) is 0 Å². The van der Waals surface area contributed by atoms with E-state index in [4.69, 9.17) is 0 Å². The van der Waals surface area contributed by atoms with Crippen LogP contribution in [0.5, 0.6) is 5.75 Å². The first-order valence-electron chi connectivity index (χ1n) is 6.37. The molecule has 2 rings (SSSR count). The molecule has 0 bridgehead atoms. The van der Waals surface area contributed by atoms with Gasteiger partial charge in [-0.1, -0.05) is 54.6 Å². The van der Waals surface area contributed by atoms with Gasteiger partial charge in [-0.3, -0.25) is 0 Å². The molecule has 19 heavy (non-hydrogen) atoms. The maximum absolute atomic E-state index is 9.27. The van der Waals surface area contributed by atoms with Gasteiger partial charge >= 0.3 is 0 Å². The van der Waals surface area contributed by atoms with E-state index < -0.39 is 0 Å². The highest BCUT2D eigenvalue weighted by Gasteiger charge is 1.96. The van der Waals surface area contributed by atoms with Crippen molar-refractivity contribution in [2.75, 3.05) is 0 Å². The molecule has 0 aliphatic carbocycles. The van der Waals surface area contributed by atoms with Crippen LogP contribution in [0.1, 0.15) is 25.0 Å². The first-order valence-corrected chi connectivity index (χ1v) is 6.37. The average molecular weight is 250 g/mol. The highest BCUT2D eigenvalue weighted by molar-refractivity contribution is 5.71. The molecule has 0 fully saturated rings. The van der Waals surface area contributed by atoms with Crippen LogP contribution in [0, 0.1) is 0 Å². The lowest BCUT2D eigenvalue weighted by Crippen LogP contribution is -1.79. The van der Waals surface area contributed by atoms with Gasteiger partial charge < -0.3 is 5.11 Å². The SMILES string of the molecule is CC(=CC=C(C)c1ccc(O)cc1)c1ccccc1. The van der Waals surface area contributed by atoms with Crippen LogP contribution >= 0.6 is 0 Å². The standard InChI is InChI=1S/C18H18O/c1-14(16-6-4-3-5-7-16)8-9-15(2)17-10-12-18(19)13-11-17/h3-13,19H,1-2H3. The summed E-state index contributed by atoms with van der Waals surface area (Å²) < 4.78 is 0. The molecule has 96 valence electrons. The fourth-order valence-corrected chi connectivity index (χ4v) is 1.87. The minimum absolute atomic E-state index is 0.299. The summed E-state index contributed by atoms with van der Waals surface area (Å²) in [6.07, 6.45) is 4.23. The molecule has 0 spiro atoms. The summed E-state index contributed by atoms with van der Waals surface area (Å²) in [5.74, 6) is 0.299. The van der Waals surface area contributed by atoms with Gasteiger partial charge in [0.05, 0.1) is 0 Å². The van der Waals surface area contributed by atoms with Crippen molar-refractivity contribution >= 4 is 11.1 Å². The third-order valence-corrected chi connectivity index (χ3v) is 3.14. The van der Waals surface area contributed by atoms with Gasteiger partial charge in [-0.25, -0.2) is 0 Å². The Morgan fingerprint density at radius 3 is 1.74 bits per heavy atom. The zero-order chi connectivity index (χ0) is 13.7. The molecule has 0 saturated heterocycles. The lowest BCUT2D eigenvalue weighted by Gasteiger charge is -2.02. The fraction of sp³-hybridized carbons (Fsp3) is 0.111. The molecular formula is C18H18O. The third kappa shape index (κ3) is 3.59. The van der Waals surface area contributed by atoms with E-state index in [2.05, 4.69) is 38.1 Å². The molecule has 0 aliphatic rings. The molecule has 0 aromatic heterocycles. The molecule has 0 amide bonds. The quantitative estimate of drug-likeness (QED) is 0.768. The van der Waals surface area contributed by atoms with Crippen molar-refractivity contribution in [3.63, 3.8) is 0 Å². The molecule has 1 heteroatoms. The average Bonchev–Trinajstić information content (AvgIpc) is 2.46. The Morgan fingerprint density at radius 1 is 0.737 bits per heavy atom.